The van der Waals surface area contributed by atoms with Crippen LogP contribution in [0, 0.1) is 16.0 Å². The lowest BCUT2D eigenvalue weighted by Gasteiger charge is -2.30. The molecule has 0 radical (unpaired) electrons. The molecular weight excluding hydrogens is 408 g/mol. The van der Waals surface area contributed by atoms with Crippen LogP contribution < -0.4 is 5.32 Å². The number of carbonyl (C=O) groups excluding carboxylic acids is 1. The number of rotatable bonds is 7. The van der Waals surface area contributed by atoms with Crippen LogP contribution in [0.15, 0.2) is 24.3 Å². The molecule has 1 atom stereocenters. The largest absolute Gasteiger partial charge is 0.481 e. The van der Waals surface area contributed by atoms with E-state index in [1.165, 1.54) is 30.4 Å². The smallest absolute Gasteiger partial charge is 0.307 e. The van der Waals surface area contributed by atoms with Gasteiger partial charge < -0.3 is 10.4 Å². The number of aliphatic carboxylic acids is 1. The first-order chi connectivity index (χ1) is 14.3. The second-order valence-corrected chi connectivity index (χ2v) is 8.19. The minimum atomic E-state index is -0.777. The Hall–Kier alpha value is -3.11. The van der Waals surface area contributed by atoms with E-state index >= 15 is 0 Å². The normalized spacial score (nSPS) is 17.2. The molecule has 9 nitrogen and oxygen atoms in total. The Bertz CT molecular complexity index is 970. The Kier molecular flexibility index (Phi) is 6.91. The molecule has 1 aliphatic heterocycles. The maximum atomic E-state index is 11.4. The molecule has 0 aliphatic carbocycles. The summed E-state index contributed by atoms with van der Waals surface area (Å²) in [5.74, 6) is -1.37. The van der Waals surface area contributed by atoms with Crippen molar-refractivity contribution in [2.24, 2.45) is 5.92 Å². The maximum Gasteiger partial charge on any atom is 0.307 e. The summed E-state index contributed by atoms with van der Waals surface area (Å²) in [5.41, 5.74) is 1.48. The molecule has 0 saturated carbocycles. The van der Waals surface area contributed by atoms with Crippen molar-refractivity contribution < 1.29 is 19.6 Å². The lowest BCUT2D eigenvalue weighted by Crippen LogP contribution is -2.38. The van der Waals surface area contributed by atoms with Gasteiger partial charge >= 0.3 is 5.97 Å². The van der Waals surface area contributed by atoms with Crippen molar-refractivity contribution >= 4 is 46.2 Å². The number of hydrogen-bond acceptors (Lipinski definition) is 7. The number of aromatic nitrogens is 1. The number of piperidine rings is 1. The zero-order valence-corrected chi connectivity index (χ0v) is 17.2. The van der Waals surface area contributed by atoms with Crippen molar-refractivity contribution in [2.75, 3.05) is 18.4 Å². The van der Waals surface area contributed by atoms with Crippen LogP contribution in [0.3, 0.4) is 0 Å². The molecule has 0 spiro atoms. The monoisotopic (exact) mass is 430 g/mol. The SMILES string of the molecule is CC(=O)Nc1nc(C=Cc2ccc([N+](=O)[O-])cc2)c(CN2CCC[C@H](C(=O)O)C2)s1. The van der Waals surface area contributed by atoms with Crippen molar-refractivity contribution in [3.8, 4) is 0 Å². The van der Waals surface area contributed by atoms with E-state index in [1.807, 2.05) is 0 Å². The van der Waals surface area contributed by atoms with Gasteiger partial charge in [-0.2, -0.15) is 0 Å². The van der Waals surface area contributed by atoms with Gasteiger partial charge in [-0.15, -0.1) is 0 Å². The number of amides is 1. The van der Waals surface area contributed by atoms with Gasteiger partial charge in [0, 0.05) is 37.0 Å². The van der Waals surface area contributed by atoms with Crippen molar-refractivity contribution in [2.45, 2.75) is 26.3 Å². The van der Waals surface area contributed by atoms with Gasteiger partial charge in [0.1, 0.15) is 0 Å². The fourth-order valence-corrected chi connectivity index (χ4v) is 4.33. The lowest BCUT2D eigenvalue weighted by molar-refractivity contribution is -0.384. The number of nitrogens with one attached hydrogen (secondary N) is 1. The van der Waals surface area contributed by atoms with Gasteiger partial charge in [0.15, 0.2) is 5.13 Å². The minimum Gasteiger partial charge on any atom is -0.481 e. The molecule has 0 bridgehead atoms. The number of likely N-dealkylation sites (tertiary alicyclic amines) is 1. The van der Waals surface area contributed by atoms with E-state index in [9.17, 15) is 24.8 Å². The van der Waals surface area contributed by atoms with Crippen LogP contribution in [0.5, 0.6) is 0 Å². The number of benzene rings is 1. The van der Waals surface area contributed by atoms with E-state index in [-0.39, 0.29) is 17.5 Å². The molecule has 1 aromatic carbocycles. The van der Waals surface area contributed by atoms with Crippen LogP contribution in [0.4, 0.5) is 10.8 Å². The number of non-ortho nitro benzene ring substituents is 1. The fraction of sp³-hybridized carbons (Fsp3) is 0.350. The predicted molar refractivity (Wildman–Crippen MR) is 114 cm³/mol. The molecule has 10 heteroatoms. The molecule has 1 fully saturated rings. The van der Waals surface area contributed by atoms with Crippen molar-refractivity contribution in [3.05, 3.63) is 50.5 Å². The third-order valence-corrected chi connectivity index (χ3v) is 5.74. The second kappa shape index (κ2) is 9.59. The van der Waals surface area contributed by atoms with E-state index in [1.54, 1.807) is 24.3 Å². The summed E-state index contributed by atoms with van der Waals surface area (Å²) in [6.45, 7) is 3.24. The van der Waals surface area contributed by atoms with E-state index < -0.39 is 10.9 Å². The van der Waals surface area contributed by atoms with E-state index in [4.69, 9.17) is 0 Å². The first-order valence-corrected chi connectivity index (χ1v) is 10.3. The molecule has 2 N–H and O–H groups in total. The number of carboxylic acids is 1. The number of nitro benzene ring substituents is 1. The maximum absolute atomic E-state index is 11.4. The summed E-state index contributed by atoms with van der Waals surface area (Å²) in [6.07, 6.45) is 5.11. The first-order valence-electron chi connectivity index (χ1n) is 9.47. The Labute approximate surface area is 177 Å². The number of hydrogen-bond donors (Lipinski definition) is 2. The Morgan fingerprint density at radius 1 is 1.37 bits per heavy atom. The Morgan fingerprint density at radius 3 is 2.73 bits per heavy atom. The number of carboxylic acid groups (broad SMARTS) is 1. The summed E-state index contributed by atoms with van der Waals surface area (Å²) in [4.78, 5) is 40.6. The quantitative estimate of drug-likeness (QED) is 0.509. The van der Waals surface area contributed by atoms with Crippen molar-refractivity contribution in [1.29, 1.82) is 0 Å². The number of anilines is 1. The fourth-order valence-electron chi connectivity index (χ4n) is 3.30. The number of nitrogens with zero attached hydrogens (tertiary/aromatic N) is 3. The van der Waals surface area contributed by atoms with Crippen LogP contribution in [0.1, 0.15) is 35.9 Å². The molecule has 30 heavy (non-hydrogen) atoms. The van der Waals surface area contributed by atoms with Gasteiger partial charge in [0.25, 0.3) is 5.69 Å². The van der Waals surface area contributed by atoms with Gasteiger partial charge in [0.2, 0.25) is 5.91 Å². The summed E-state index contributed by atoms with van der Waals surface area (Å²) in [6, 6.07) is 6.17. The predicted octanol–water partition coefficient (Wildman–Crippen LogP) is 3.48. The highest BCUT2D eigenvalue weighted by Gasteiger charge is 2.26. The third kappa shape index (κ3) is 5.71. The number of carbonyl (C=O) groups is 2. The Balaban J connectivity index is 1.80. The van der Waals surface area contributed by atoms with Crippen LogP contribution in [-0.4, -0.2) is 44.9 Å². The van der Waals surface area contributed by atoms with Gasteiger partial charge in [-0.1, -0.05) is 17.4 Å². The standard InChI is InChI=1S/C20H22N4O5S/c1-13(25)21-20-22-17(9-6-14-4-7-16(8-5-14)24(28)29)18(30-20)12-23-10-2-3-15(11-23)19(26)27/h4-9,15H,2-3,10-12H2,1H3,(H,26,27)(H,21,22,25)/t15-/m0/s1. The average Bonchev–Trinajstić information content (AvgIpc) is 3.07. The van der Waals surface area contributed by atoms with Crippen molar-refractivity contribution in [3.63, 3.8) is 0 Å². The number of thiazole rings is 1. The van der Waals surface area contributed by atoms with Crippen LogP contribution in [0.2, 0.25) is 0 Å². The summed E-state index contributed by atoms with van der Waals surface area (Å²) in [7, 11) is 0. The second-order valence-electron chi connectivity index (χ2n) is 7.10. The Morgan fingerprint density at radius 2 is 2.10 bits per heavy atom. The van der Waals surface area contributed by atoms with Crippen LogP contribution in [0.25, 0.3) is 12.2 Å². The highest BCUT2D eigenvalue weighted by molar-refractivity contribution is 7.16. The molecule has 1 aromatic heterocycles. The molecule has 1 amide bonds. The minimum absolute atomic E-state index is 0.0209. The summed E-state index contributed by atoms with van der Waals surface area (Å²) < 4.78 is 0. The molecule has 1 aliphatic rings. The first kappa shape index (κ1) is 21.6. The van der Waals surface area contributed by atoms with Crippen LogP contribution in [-0.2, 0) is 16.1 Å². The molecule has 1 saturated heterocycles. The lowest BCUT2D eigenvalue weighted by atomic mass is 9.98. The third-order valence-electron chi connectivity index (χ3n) is 4.77. The molecular formula is C20H22N4O5S. The number of nitro groups is 1. The van der Waals surface area contributed by atoms with E-state index in [0.29, 0.717) is 30.3 Å². The average molecular weight is 430 g/mol. The summed E-state index contributed by atoms with van der Waals surface area (Å²) in [5, 5.41) is 23.3. The van der Waals surface area contributed by atoms with Gasteiger partial charge in [-0.25, -0.2) is 4.98 Å². The van der Waals surface area contributed by atoms with Crippen LogP contribution >= 0.6 is 11.3 Å². The van der Waals surface area contributed by atoms with E-state index in [2.05, 4.69) is 15.2 Å². The molecule has 158 valence electrons. The zero-order valence-electron chi connectivity index (χ0n) is 16.4. The van der Waals surface area contributed by atoms with E-state index in [0.717, 1.165) is 23.4 Å². The molecule has 3 rings (SSSR count). The molecule has 2 heterocycles. The topological polar surface area (TPSA) is 126 Å². The molecule has 2 aromatic rings. The van der Waals surface area contributed by atoms with Gasteiger partial charge in [0.05, 0.1) is 16.5 Å². The highest BCUT2D eigenvalue weighted by atomic mass is 32.1. The zero-order chi connectivity index (χ0) is 21.7. The highest BCUT2D eigenvalue weighted by Crippen LogP contribution is 2.28. The molecule has 0 unspecified atom stereocenters. The van der Waals surface area contributed by atoms with Gasteiger partial charge in [-0.05, 0) is 43.2 Å². The summed E-state index contributed by atoms with van der Waals surface area (Å²) >= 11 is 1.36. The van der Waals surface area contributed by atoms with Gasteiger partial charge in [-0.3, -0.25) is 24.6 Å². The van der Waals surface area contributed by atoms with Crippen molar-refractivity contribution in [1.82, 2.24) is 9.88 Å².